The molecule has 1 aromatic rings. The highest BCUT2D eigenvalue weighted by molar-refractivity contribution is 7.98. The smallest absolute Gasteiger partial charge is 0.336 e. The normalized spacial score (nSPS) is 17.4. The standard InChI is InChI=1S/C17H23N3O4S/c1-7-24-16(22)13-10(3)19-9(2)12(15(21)23-5)14(13)11-8-18-17(25-6)20(11)4/h8,14,19H,7H2,1-6H3. The highest BCUT2D eigenvalue weighted by Gasteiger charge is 2.39. The first-order valence-corrected chi connectivity index (χ1v) is 9.09. The molecule has 2 rings (SSSR count). The van der Waals surface area contributed by atoms with Crippen molar-refractivity contribution in [2.75, 3.05) is 20.0 Å². The number of carbonyl (C=O) groups is 2. The molecule has 136 valence electrons. The third-order valence-corrected chi connectivity index (χ3v) is 4.87. The van der Waals surface area contributed by atoms with Gasteiger partial charge in [-0.1, -0.05) is 11.8 Å². The van der Waals surface area contributed by atoms with Crippen LogP contribution in [0.2, 0.25) is 0 Å². The third-order valence-electron chi connectivity index (χ3n) is 4.12. The predicted octanol–water partition coefficient (Wildman–Crippen LogP) is 2.11. The SMILES string of the molecule is CCOC(=O)C1=C(C)NC(C)=C(C(=O)OC)C1c1cnc(SC)n1C. The lowest BCUT2D eigenvalue weighted by Gasteiger charge is -2.30. The average Bonchev–Trinajstić information content (AvgIpc) is 2.94. The van der Waals surface area contributed by atoms with Gasteiger partial charge in [-0.05, 0) is 27.0 Å². The first-order chi connectivity index (χ1) is 11.9. The second-order valence-electron chi connectivity index (χ2n) is 5.58. The molecule has 1 aliphatic rings. The number of imidazole rings is 1. The van der Waals surface area contributed by atoms with Gasteiger partial charge in [0.05, 0.1) is 42.7 Å². The number of esters is 2. The van der Waals surface area contributed by atoms with Crippen molar-refractivity contribution in [2.24, 2.45) is 7.05 Å². The van der Waals surface area contributed by atoms with Gasteiger partial charge < -0.3 is 19.4 Å². The van der Waals surface area contributed by atoms with Gasteiger partial charge in [0, 0.05) is 18.4 Å². The van der Waals surface area contributed by atoms with Gasteiger partial charge in [-0.25, -0.2) is 14.6 Å². The Kier molecular flexibility index (Phi) is 5.94. The topological polar surface area (TPSA) is 82.4 Å². The number of thioether (sulfide) groups is 1. The Morgan fingerprint density at radius 3 is 2.36 bits per heavy atom. The molecule has 1 aliphatic heterocycles. The molecular weight excluding hydrogens is 342 g/mol. The van der Waals surface area contributed by atoms with E-state index in [0.29, 0.717) is 22.5 Å². The van der Waals surface area contributed by atoms with Gasteiger partial charge in [-0.15, -0.1) is 0 Å². The van der Waals surface area contributed by atoms with Crippen LogP contribution in [-0.2, 0) is 26.1 Å². The Bertz CT molecular complexity index is 764. The van der Waals surface area contributed by atoms with Gasteiger partial charge in [0.1, 0.15) is 0 Å². The maximum Gasteiger partial charge on any atom is 0.336 e. The van der Waals surface area contributed by atoms with Gasteiger partial charge in [-0.3, -0.25) is 0 Å². The summed E-state index contributed by atoms with van der Waals surface area (Å²) in [5.41, 5.74) is 2.80. The predicted molar refractivity (Wildman–Crippen MR) is 94.9 cm³/mol. The van der Waals surface area contributed by atoms with Crippen LogP contribution in [0.3, 0.4) is 0 Å². The lowest BCUT2D eigenvalue weighted by atomic mass is 9.83. The van der Waals surface area contributed by atoms with E-state index in [-0.39, 0.29) is 6.61 Å². The van der Waals surface area contributed by atoms with Crippen LogP contribution < -0.4 is 5.32 Å². The average molecular weight is 365 g/mol. The van der Waals surface area contributed by atoms with Crippen molar-refractivity contribution < 1.29 is 19.1 Å². The summed E-state index contributed by atoms with van der Waals surface area (Å²) in [7, 11) is 3.18. The van der Waals surface area contributed by atoms with E-state index in [2.05, 4.69) is 10.3 Å². The lowest BCUT2D eigenvalue weighted by Crippen LogP contribution is -2.33. The van der Waals surface area contributed by atoms with Gasteiger partial charge in [0.15, 0.2) is 5.16 Å². The number of aromatic nitrogens is 2. The molecule has 1 aromatic heterocycles. The van der Waals surface area contributed by atoms with E-state index < -0.39 is 17.9 Å². The lowest BCUT2D eigenvalue weighted by molar-refractivity contribution is -0.139. The zero-order valence-corrected chi connectivity index (χ0v) is 16.1. The van der Waals surface area contributed by atoms with Gasteiger partial charge >= 0.3 is 11.9 Å². The molecule has 1 atom stereocenters. The molecule has 2 heterocycles. The van der Waals surface area contributed by atoms with Crippen LogP contribution in [0.5, 0.6) is 0 Å². The summed E-state index contributed by atoms with van der Waals surface area (Å²) in [4.78, 5) is 29.4. The van der Waals surface area contributed by atoms with Crippen molar-refractivity contribution in [3.63, 3.8) is 0 Å². The number of rotatable bonds is 5. The Hall–Kier alpha value is -2.22. The molecule has 0 amide bonds. The van der Waals surface area contributed by atoms with Crippen molar-refractivity contribution in [3.8, 4) is 0 Å². The fourth-order valence-electron chi connectivity index (χ4n) is 3.01. The highest BCUT2D eigenvalue weighted by Crippen LogP contribution is 2.39. The Balaban J connectivity index is 2.69. The summed E-state index contributed by atoms with van der Waals surface area (Å²) >= 11 is 1.49. The monoisotopic (exact) mass is 365 g/mol. The number of nitrogens with zero attached hydrogens (tertiary/aromatic N) is 2. The number of ether oxygens (including phenoxy) is 2. The zero-order chi connectivity index (χ0) is 18.7. The summed E-state index contributed by atoms with van der Waals surface area (Å²) in [6.45, 7) is 5.58. The van der Waals surface area contributed by atoms with Crippen LogP contribution in [-0.4, -0.2) is 41.5 Å². The molecule has 0 fully saturated rings. The molecule has 1 N–H and O–H groups in total. The minimum atomic E-state index is -0.605. The summed E-state index contributed by atoms with van der Waals surface area (Å²) in [5.74, 6) is -1.55. The van der Waals surface area contributed by atoms with E-state index in [1.807, 2.05) is 17.9 Å². The zero-order valence-electron chi connectivity index (χ0n) is 15.3. The van der Waals surface area contributed by atoms with E-state index in [0.717, 1.165) is 10.9 Å². The quantitative estimate of drug-likeness (QED) is 0.632. The molecule has 0 spiro atoms. The number of allylic oxidation sites excluding steroid dienone is 2. The first-order valence-electron chi connectivity index (χ1n) is 7.86. The van der Waals surface area contributed by atoms with Crippen molar-refractivity contribution in [1.29, 1.82) is 0 Å². The molecule has 7 nitrogen and oxygen atoms in total. The number of nitrogens with one attached hydrogen (secondary N) is 1. The molecule has 0 aliphatic carbocycles. The van der Waals surface area contributed by atoms with Crippen LogP contribution in [0.1, 0.15) is 32.4 Å². The second-order valence-corrected chi connectivity index (χ2v) is 6.35. The van der Waals surface area contributed by atoms with E-state index in [9.17, 15) is 9.59 Å². The molecule has 0 radical (unpaired) electrons. The van der Waals surface area contributed by atoms with Crippen molar-refractivity contribution >= 4 is 23.7 Å². The van der Waals surface area contributed by atoms with E-state index in [4.69, 9.17) is 9.47 Å². The number of hydrogen-bond donors (Lipinski definition) is 1. The van der Waals surface area contributed by atoms with Crippen LogP contribution in [0.15, 0.2) is 33.9 Å². The summed E-state index contributed by atoms with van der Waals surface area (Å²) in [6, 6.07) is 0. The van der Waals surface area contributed by atoms with E-state index in [1.165, 1.54) is 18.9 Å². The van der Waals surface area contributed by atoms with Gasteiger partial charge in [-0.2, -0.15) is 0 Å². The molecule has 0 aromatic carbocycles. The minimum absolute atomic E-state index is 0.250. The molecular formula is C17H23N3O4S. The van der Waals surface area contributed by atoms with Crippen LogP contribution in [0, 0.1) is 0 Å². The third kappa shape index (κ3) is 3.44. The molecule has 0 bridgehead atoms. The number of methoxy groups -OCH3 is 1. The number of dihydropyridines is 1. The van der Waals surface area contributed by atoms with Crippen molar-refractivity contribution in [3.05, 3.63) is 34.4 Å². The van der Waals surface area contributed by atoms with Crippen LogP contribution >= 0.6 is 11.8 Å². The Morgan fingerprint density at radius 2 is 1.88 bits per heavy atom. The summed E-state index contributed by atoms with van der Waals surface area (Å²) < 4.78 is 12.1. The van der Waals surface area contributed by atoms with E-state index >= 15 is 0 Å². The molecule has 0 saturated heterocycles. The number of carbonyl (C=O) groups excluding carboxylic acids is 2. The van der Waals surface area contributed by atoms with Crippen LogP contribution in [0.4, 0.5) is 0 Å². The maximum atomic E-state index is 12.6. The van der Waals surface area contributed by atoms with Crippen LogP contribution in [0.25, 0.3) is 0 Å². The first kappa shape index (κ1) is 19.1. The van der Waals surface area contributed by atoms with Crippen molar-refractivity contribution in [1.82, 2.24) is 14.9 Å². The molecule has 25 heavy (non-hydrogen) atoms. The van der Waals surface area contributed by atoms with E-state index in [1.54, 1.807) is 27.0 Å². The fourth-order valence-corrected chi connectivity index (χ4v) is 3.55. The molecule has 0 saturated carbocycles. The van der Waals surface area contributed by atoms with Crippen molar-refractivity contribution in [2.45, 2.75) is 31.8 Å². The fraction of sp³-hybridized carbons (Fsp3) is 0.471. The highest BCUT2D eigenvalue weighted by atomic mass is 32.2. The summed E-state index contributed by atoms with van der Waals surface area (Å²) in [5, 5.41) is 3.88. The second kappa shape index (κ2) is 7.77. The molecule has 8 heteroatoms. The van der Waals surface area contributed by atoms with Gasteiger partial charge in [0.25, 0.3) is 0 Å². The Morgan fingerprint density at radius 1 is 1.28 bits per heavy atom. The largest absolute Gasteiger partial charge is 0.466 e. The summed E-state index contributed by atoms with van der Waals surface area (Å²) in [6.07, 6.45) is 3.61. The molecule has 1 unspecified atom stereocenters. The van der Waals surface area contributed by atoms with Gasteiger partial charge in [0.2, 0.25) is 0 Å². The number of hydrogen-bond acceptors (Lipinski definition) is 7. The maximum absolute atomic E-state index is 12.6. The minimum Gasteiger partial charge on any atom is -0.466 e. The Labute approximate surface area is 151 Å².